The third-order valence-corrected chi connectivity index (χ3v) is 5.04. The van der Waals surface area contributed by atoms with Crippen LogP contribution in [0.2, 0.25) is 0 Å². The first-order valence-electron chi connectivity index (χ1n) is 8.24. The standard InChI is InChI=1S/C16H26N2O4/c1-16(15(21)22)8-5-9-18(16)14(20)11-17-13(19)10-12-6-3-2-4-7-12/h12H,2-11H2,1H3,(H,17,19)(H,21,22). The zero-order chi connectivity index (χ0) is 16.2. The zero-order valence-corrected chi connectivity index (χ0v) is 13.3. The van der Waals surface area contributed by atoms with E-state index in [2.05, 4.69) is 5.32 Å². The Bertz CT molecular complexity index is 445. The Labute approximate surface area is 131 Å². The Balaban J connectivity index is 1.79. The van der Waals surface area contributed by atoms with Crippen LogP contribution in [-0.4, -0.2) is 46.4 Å². The molecule has 0 aromatic rings. The molecule has 1 atom stereocenters. The minimum absolute atomic E-state index is 0.100. The van der Waals surface area contributed by atoms with Crippen LogP contribution in [0, 0.1) is 5.92 Å². The maximum atomic E-state index is 12.2. The smallest absolute Gasteiger partial charge is 0.329 e. The van der Waals surface area contributed by atoms with Gasteiger partial charge in [0.2, 0.25) is 11.8 Å². The molecule has 124 valence electrons. The SMILES string of the molecule is CC1(C(=O)O)CCCN1C(=O)CNC(=O)CC1CCCCC1. The molecule has 0 aromatic carbocycles. The van der Waals surface area contributed by atoms with Crippen LogP contribution in [0.25, 0.3) is 0 Å². The molecule has 0 spiro atoms. The summed E-state index contributed by atoms with van der Waals surface area (Å²) in [6.07, 6.45) is 7.41. The van der Waals surface area contributed by atoms with Crippen molar-refractivity contribution in [2.45, 2.75) is 63.8 Å². The van der Waals surface area contributed by atoms with Crippen LogP contribution in [0.3, 0.4) is 0 Å². The maximum absolute atomic E-state index is 12.2. The number of carbonyl (C=O) groups excluding carboxylic acids is 2. The fraction of sp³-hybridized carbons (Fsp3) is 0.812. The molecule has 2 amide bonds. The first-order valence-corrected chi connectivity index (χ1v) is 8.24. The van der Waals surface area contributed by atoms with Crippen molar-refractivity contribution in [3.05, 3.63) is 0 Å². The topological polar surface area (TPSA) is 86.7 Å². The monoisotopic (exact) mass is 310 g/mol. The van der Waals surface area contributed by atoms with Gasteiger partial charge >= 0.3 is 5.97 Å². The van der Waals surface area contributed by atoms with Crippen molar-refractivity contribution in [2.75, 3.05) is 13.1 Å². The number of amides is 2. The fourth-order valence-electron chi connectivity index (χ4n) is 3.58. The van der Waals surface area contributed by atoms with Crippen LogP contribution >= 0.6 is 0 Å². The molecule has 0 bridgehead atoms. The predicted molar refractivity (Wildman–Crippen MR) is 81.2 cm³/mol. The molecule has 0 aromatic heterocycles. The summed E-state index contributed by atoms with van der Waals surface area (Å²) >= 11 is 0. The molecular formula is C16H26N2O4. The normalized spacial score (nSPS) is 26.0. The van der Waals surface area contributed by atoms with E-state index in [0.29, 0.717) is 31.7 Å². The van der Waals surface area contributed by atoms with Gasteiger partial charge < -0.3 is 15.3 Å². The number of nitrogens with zero attached hydrogens (tertiary/aromatic N) is 1. The minimum atomic E-state index is -1.13. The number of nitrogens with one attached hydrogen (secondary N) is 1. The fourth-order valence-corrected chi connectivity index (χ4v) is 3.58. The second-order valence-corrected chi connectivity index (χ2v) is 6.71. The van der Waals surface area contributed by atoms with Crippen molar-refractivity contribution in [2.24, 2.45) is 5.92 Å². The lowest BCUT2D eigenvalue weighted by Crippen LogP contribution is -2.53. The lowest BCUT2D eigenvalue weighted by atomic mass is 9.87. The molecule has 0 radical (unpaired) electrons. The van der Waals surface area contributed by atoms with E-state index in [-0.39, 0.29) is 18.4 Å². The summed E-state index contributed by atoms with van der Waals surface area (Å²) in [4.78, 5) is 36.9. The maximum Gasteiger partial charge on any atom is 0.329 e. The Morgan fingerprint density at radius 2 is 1.86 bits per heavy atom. The van der Waals surface area contributed by atoms with Crippen LogP contribution in [0.15, 0.2) is 0 Å². The van der Waals surface area contributed by atoms with Crippen molar-refractivity contribution in [3.8, 4) is 0 Å². The molecule has 1 heterocycles. The number of carboxylic acid groups (broad SMARTS) is 1. The van der Waals surface area contributed by atoms with E-state index in [1.807, 2.05) is 0 Å². The molecule has 2 aliphatic rings. The first kappa shape index (κ1) is 16.8. The van der Waals surface area contributed by atoms with Gasteiger partial charge in [-0.3, -0.25) is 9.59 Å². The number of carbonyl (C=O) groups is 3. The average Bonchev–Trinajstić information content (AvgIpc) is 2.89. The van der Waals surface area contributed by atoms with Gasteiger partial charge in [-0.05, 0) is 38.5 Å². The predicted octanol–water partition coefficient (Wildman–Crippen LogP) is 1.54. The molecule has 1 saturated heterocycles. The number of hydrogen-bond donors (Lipinski definition) is 2. The van der Waals surface area contributed by atoms with Crippen molar-refractivity contribution in [3.63, 3.8) is 0 Å². The van der Waals surface area contributed by atoms with Gasteiger partial charge in [-0.25, -0.2) is 4.79 Å². The number of carboxylic acids is 1. The lowest BCUT2D eigenvalue weighted by molar-refractivity contribution is -0.155. The van der Waals surface area contributed by atoms with E-state index in [1.165, 1.54) is 24.2 Å². The average molecular weight is 310 g/mol. The van der Waals surface area contributed by atoms with E-state index < -0.39 is 11.5 Å². The van der Waals surface area contributed by atoms with E-state index in [0.717, 1.165) is 12.8 Å². The third-order valence-electron chi connectivity index (χ3n) is 5.04. The molecule has 2 fully saturated rings. The molecule has 6 heteroatoms. The van der Waals surface area contributed by atoms with Crippen LogP contribution in [0.1, 0.15) is 58.3 Å². The van der Waals surface area contributed by atoms with Crippen molar-refractivity contribution in [1.29, 1.82) is 0 Å². The molecule has 1 saturated carbocycles. The summed E-state index contributed by atoms with van der Waals surface area (Å²) in [5.41, 5.74) is -1.13. The summed E-state index contributed by atoms with van der Waals surface area (Å²) in [5, 5.41) is 12.0. The van der Waals surface area contributed by atoms with Gasteiger partial charge in [-0.2, -0.15) is 0 Å². The number of rotatable bonds is 5. The highest BCUT2D eigenvalue weighted by atomic mass is 16.4. The highest BCUT2D eigenvalue weighted by molar-refractivity contribution is 5.90. The highest BCUT2D eigenvalue weighted by Crippen LogP contribution is 2.29. The molecule has 2 N–H and O–H groups in total. The molecule has 1 unspecified atom stereocenters. The molecule has 2 rings (SSSR count). The summed E-state index contributed by atoms with van der Waals surface area (Å²) in [5.74, 6) is -0.956. The first-order chi connectivity index (χ1) is 10.4. The largest absolute Gasteiger partial charge is 0.480 e. The van der Waals surface area contributed by atoms with Gasteiger partial charge in [0.25, 0.3) is 0 Å². The Morgan fingerprint density at radius 3 is 2.50 bits per heavy atom. The lowest BCUT2D eigenvalue weighted by Gasteiger charge is -2.31. The summed E-state index contributed by atoms with van der Waals surface area (Å²) in [6, 6.07) is 0. The second kappa shape index (κ2) is 7.11. The van der Waals surface area contributed by atoms with Crippen LogP contribution in [-0.2, 0) is 14.4 Å². The van der Waals surface area contributed by atoms with Gasteiger partial charge in [0.1, 0.15) is 5.54 Å². The van der Waals surface area contributed by atoms with Gasteiger partial charge in [0, 0.05) is 13.0 Å². The third kappa shape index (κ3) is 3.78. The quantitative estimate of drug-likeness (QED) is 0.806. The summed E-state index contributed by atoms with van der Waals surface area (Å²) < 4.78 is 0. The molecular weight excluding hydrogens is 284 g/mol. The van der Waals surface area contributed by atoms with E-state index in [9.17, 15) is 19.5 Å². The van der Waals surface area contributed by atoms with Crippen molar-refractivity contribution in [1.82, 2.24) is 10.2 Å². The molecule has 1 aliphatic carbocycles. The number of hydrogen-bond acceptors (Lipinski definition) is 3. The summed E-state index contributed by atoms with van der Waals surface area (Å²) in [6.45, 7) is 1.92. The van der Waals surface area contributed by atoms with Gasteiger partial charge in [-0.15, -0.1) is 0 Å². The van der Waals surface area contributed by atoms with Gasteiger partial charge in [0.05, 0.1) is 6.54 Å². The van der Waals surface area contributed by atoms with E-state index in [4.69, 9.17) is 0 Å². The molecule has 6 nitrogen and oxygen atoms in total. The highest BCUT2D eigenvalue weighted by Gasteiger charge is 2.45. The molecule has 22 heavy (non-hydrogen) atoms. The van der Waals surface area contributed by atoms with Crippen molar-refractivity contribution < 1.29 is 19.5 Å². The van der Waals surface area contributed by atoms with E-state index in [1.54, 1.807) is 6.92 Å². The molecule has 1 aliphatic heterocycles. The van der Waals surface area contributed by atoms with Crippen LogP contribution in [0.4, 0.5) is 0 Å². The second-order valence-electron chi connectivity index (χ2n) is 6.71. The Kier molecular flexibility index (Phi) is 5.42. The van der Waals surface area contributed by atoms with Gasteiger partial charge in [-0.1, -0.05) is 19.3 Å². The number of likely N-dealkylation sites (tertiary alicyclic amines) is 1. The Morgan fingerprint density at radius 1 is 1.18 bits per heavy atom. The summed E-state index contributed by atoms with van der Waals surface area (Å²) in [7, 11) is 0. The Hall–Kier alpha value is -1.59. The van der Waals surface area contributed by atoms with E-state index >= 15 is 0 Å². The van der Waals surface area contributed by atoms with Gasteiger partial charge in [0.15, 0.2) is 0 Å². The van der Waals surface area contributed by atoms with Crippen LogP contribution < -0.4 is 5.32 Å². The zero-order valence-electron chi connectivity index (χ0n) is 13.3. The minimum Gasteiger partial charge on any atom is -0.480 e. The van der Waals surface area contributed by atoms with Crippen molar-refractivity contribution >= 4 is 17.8 Å². The van der Waals surface area contributed by atoms with Crippen LogP contribution in [0.5, 0.6) is 0 Å². The number of aliphatic carboxylic acids is 1.